The van der Waals surface area contributed by atoms with Gasteiger partial charge in [0.05, 0.1) is 6.54 Å². The lowest BCUT2D eigenvalue weighted by atomic mass is 10.2. The molecule has 0 aliphatic heterocycles. The first kappa shape index (κ1) is 13.4. The highest BCUT2D eigenvalue weighted by atomic mass is 16.3. The van der Waals surface area contributed by atoms with Crippen LogP contribution in [-0.2, 0) is 4.79 Å². The van der Waals surface area contributed by atoms with Gasteiger partial charge in [-0.3, -0.25) is 4.79 Å². The summed E-state index contributed by atoms with van der Waals surface area (Å²) in [5, 5.41) is 14.5. The van der Waals surface area contributed by atoms with E-state index in [1.807, 2.05) is 6.92 Å². The van der Waals surface area contributed by atoms with E-state index in [9.17, 15) is 4.79 Å². The number of carbonyl (C=O) groups is 1. The van der Waals surface area contributed by atoms with E-state index in [0.717, 1.165) is 19.4 Å². The average Bonchev–Trinajstić information content (AvgIpc) is 2.16. The van der Waals surface area contributed by atoms with E-state index in [4.69, 9.17) is 5.11 Å². The van der Waals surface area contributed by atoms with Gasteiger partial charge in [0.1, 0.15) is 0 Å². The van der Waals surface area contributed by atoms with E-state index >= 15 is 0 Å². The van der Waals surface area contributed by atoms with Gasteiger partial charge in [0.15, 0.2) is 0 Å². The predicted octanol–water partition coefficient (Wildman–Crippen LogP) is 0.263. The van der Waals surface area contributed by atoms with Crippen LogP contribution in [0, 0.1) is 0 Å². The minimum Gasteiger partial charge on any atom is -0.396 e. The number of rotatable bonds is 8. The van der Waals surface area contributed by atoms with E-state index in [1.165, 1.54) is 0 Å². The monoisotopic (exact) mass is 202 g/mol. The molecule has 1 atom stereocenters. The minimum absolute atomic E-state index is 0.0308. The van der Waals surface area contributed by atoms with Gasteiger partial charge in [-0.25, -0.2) is 0 Å². The lowest BCUT2D eigenvalue weighted by molar-refractivity contribution is -0.120. The van der Waals surface area contributed by atoms with E-state index < -0.39 is 0 Å². The molecule has 4 nitrogen and oxygen atoms in total. The smallest absolute Gasteiger partial charge is 0.233 e. The summed E-state index contributed by atoms with van der Waals surface area (Å²) < 4.78 is 0. The van der Waals surface area contributed by atoms with Crippen LogP contribution in [0.2, 0.25) is 0 Å². The van der Waals surface area contributed by atoms with Crippen LogP contribution in [0.3, 0.4) is 0 Å². The summed E-state index contributed by atoms with van der Waals surface area (Å²) in [5.74, 6) is 0.0308. The zero-order chi connectivity index (χ0) is 10.8. The Morgan fingerprint density at radius 1 is 1.50 bits per heavy atom. The topological polar surface area (TPSA) is 61.4 Å². The third kappa shape index (κ3) is 8.01. The Morgan fingerprint density at radius 3 is 2.79 bits per heavy atom. The quantitative estimate of drug-likeness (QED) is 0.495. The maximum atomic E-state index is 11.2. The number of amides is 1. The molecule has 0 bridgehead atoms. The molecule has 0 aromatic heterocycles. The molecule has 0 fully saturated rings. The normalized spacial score (nSPS) is 12.5. The van der Waals surface area contributed by atoms with Gasteiger partial charge in [0.25, 0.3) is 0 Å². The molecule has 0 spiro atoms. The van der Waals surface area contributed by atoms with Crippen molar-refractivity contribution >= 4 is 5.91 Å². The van der Waals surface area contributed by atoms with Crippen LogP contribution in [-0.4, -0.2) is 36.8 Å². The summed E-state index contributed by atoms with van der Waals surface area (Å²) in [6.45, 7) is 5.30. The molecule has 1 amide bonds. The van der Waals surface area contributed by atoms with Gasteiger partial charge in [-0.05, 0) is 19.8 Å². The van der Waals surface area contributed by atoms with Crippen LogP contribution >= 0.6 is 0 Å². The van der Waals surface area contributed by atoms with E-state index in [0.29, 0.717) is 13.0 Å². The second-order valence-corrected chi connectivity index (χ2v) is 3.50. The first-order valence-electron chi connectivity index (χ1n) is 5.31. The van der Waals surface area contributed by atoms with Crippen molar-refractivity contribution in [3.8, 4) is 0 Å². The highest BCUT2D eigenvalue weighted by Gasteiger charge is 2.03. The predicted molar refractivity (Wildman–Crippen MR) is 57.1 cm³/mol. The third-order valence-electron chi connectivity index (χ3n) is 2.03. The molecule has 0 heterocycles. The number of hydrogen-bond acceptors (Lipinski definition) is 3. The first-order valence-corrected chi connectivity index (χ1v) is 5.31. The minimum atomic E-state index is 0.0308. The molecule has 0 aliphatic rings. The van der Waals surface area contributed by atoms with Gasteiger partial charge in [-0.1, -0.05) is 13.3 Å². The van der Waals surface area contributed by atoms with Crippen molar-refractivity contribution in [1.29, 1.82) is 0 Å². The third-order valence-corrected chi connectivity index (χ3v) is 2.03. The van der Waals surface area contributed by atoms with Crippen molar-refractivity contribution in [2.45, 2.75) is 39.2 Å². The van der Waals surface area contributed by atoms with E-state index in [1.54, 1.807) is 0 Å². The zero-order valence-corrected chi connectivity index (χ0v) is 9.18. The summed E-state index contributed by atoms with van der Waals surface area (Å²) in [6.07, 6.45) is 2.80. The molecule has 14 heavy (non-hydrogen) atoms. The number of unbranched alkanes of at least 4 members (excludes halogenated alkanes) is 1. The maximum absolute atomic E-state index is 11.2. The standard InChI is InChI=1S/C10H22N2O2/c1-3-4-6-11-10(14)8-12-9(2)5-7-13/h9,12-13H,3-8H2,1-2H3,(H,11,14). The summed E-state index contributed by atoms with van der Waals surface area (Å²) >= 11 is 0. The SMILES string of the molecule is CCCCNC(=O)CNC(C)CCO. The molecule has 0 aliphatic carbocycles. The van der Waals surface area contributed by atoms with Crippen LogP contribution in [0.25, 0.3) is 0 Å². The summed E-state index contributed by atoms with van der Waals surface area (Å²) in [5.41, 5.74) is 0. The van der Waals surface area contributed by atoms with Gasteiger partial charge >= 0.3 is 0 Å². The molecule has 1 unspecified atom stereocenters. The highest BCUT2D eigenvalue weighted by molar-refractivity contribution is 5.77. The fraction of sp³-hybridized carbons (Fsp3) is 0.900. The van der Waals surface area contributed by atoms with Crippen molar-refractivity contribution in [2.75, 3.05) is 19.7 Å². The molecule has 0 saturated heterocycles. The van der Waals surface area contributed by atoms with Gasteiger partial charge in [-0.15, -0.1) is 0 Å². The second kappa shape index (κ2) is 8.97. The summed E-state index contributed by atoms with van der Waals surface area (Å²) in [7, 11) is 0. The Morgan fingerprint density at radius 2 is 2.21 bits per heavy atom. The van der Waals surface area contributed by atoms with E-state index in [-0.39, 0.29) is 18.6 Å². The number of nitrogens with one attached hydrogen (secondary N) is 2. The fourth-order valence-electron chi connectivity index (χ4n) is 1.03. The average molecular weight is 202 g/mol. The lowest BCUT2D eigenvalue weighted by Gasteiger charge is -2.11. The number of carbonyl (C=O) groups excluding carboxylic acids is 1. The second-order valence-electron chi connectivity index (χ2n) is 3.50. The molecular weight excluding hydrogens is 180 g/mol. The van der Waals surface area contributed by atoms with Crippen LogP contribution in [0.1, 0.15) is 33.1 Å². The fourth-order valence-corrected chi connectivity index (χ4v) is 1.03. The summed E-state index contributed by atoms with van der Waals surface area (Å²) in [6, 6.07) is 0.192. The van der Waals surface area contributed by atoms with Gasteiger partial charge < -0.3 is 15.7 Å². The van der Waals surface area contributed by atoms with Crippen LogP contribution in [0.15, 0.2) is 0 Å². The Bertz CT molecular complexity index is 151. The molecule has 0 aromatic rings. The lowest BCUT2D eigenvalue weighted by Crippen LogP contribution is -2.38. The van der Waals surface area contributed by atoms with Crippen LogP contribution < -0.4 is 10.6 Å². The Kier molecular flexibility index (Phi) is 8.57. The van der Waals surface area contributed by atoms with Crippen molar-refractivity contribution in [2.24, 2.45) is 0 Å². The first-order chi connectivity index (χ1) is 6.70. The van der Waals surface area contributed by atoms with Crippen molar-refractivity contribution in [3.05, 3.63) is 0 Å². The highest BCUT2D eigenvalue weighted by Crippen LogP contribution is 1.87. The molecule has 4 heteroatoms. The number of aliphatic hydroxyl groups is 1. The molecular formula is C10H22N2O2. The van der Waals surface area contributed by atoms with Crippen molar-refractivity contribution in [1.82, 2.24) is 10.6 Å². The van der Waals surface area contributed by atoms with Crippen LogP contribution in [0.4, 0.5) is 0 Å². The molecule has 0 aromatic carbocycles. The summed E-state index contributed by atoms with van der Waals surface area (Å²) in [4.78, 5) is 11.2. The number of hydrogen-bond donors (Lipinski definition) is 3. The molecule has 0 radical (unpaired) electrons. The van der Waals surface area contributed by atoms with Gasteiger partial charge in [0.2, 0.25) is 5.91 Å². The Balaban J connectivity index is 3.34. The molecule has 0 rings (SSSR count). The Labute approximate surface area is 86.1 Å². The van der Waals surface area contributed by atoms with Crippen molar-refractivity contribution < 1.29 is 9.90 Å². The zero-order valence-electron chi connectivity index (χ0n) is 9.18. The molecule has 84 valence electrons. The van der Waals surface area contributed by atoms with Crippen LogP contribution in [0.5, 0.6) is 0 Å². The van der Waals surface area contributed by atoms with Crippen molar-refractivity contribution in [3.63, 3.8) is 0 Å². The maximum Gasteiger partial charge on any atom is 0.233 e. The van der Waals surface area contributed by atoms with Gasteiger partial charge in [-0.2, -0.15) is 0 Å². The molecule has 0 saturated carbocycles. The van der Waals surface area contributed by atoms with E-state index in [2.05, 4.69) is 17.6 Å². The number of aliphatic hydroxyl groups excluding tert-OH is 1. The Hall–Kier alpha value is -0.610. The van der Waals surface area contributed by atoms with Gasteiger partial charge in [0, 0.05) is 19.2 Å². The molecule has 3 N–H and O–H groups in total. The largest absolute Gasteiger partial charge is 0.396 e.